The van der Waals surface area contributed by atoms with E-state index in [1.54, 1.807) is 18.6 Å². The average molecular weight is 317 g/mol. The predicted molar refractivity (Wildman–Crippen MR) is 94.5 cm³/mol. The Morgan fingerprint density at radius 3 is 2.75 bits per heavy atom. The molecule has 0 unspecified atom stereocenters. The Balaban J connectivity index is 1.47. The van der Waals surface area contributed by atoms with Gasteiger partial charge >= 0.3 is 0 Å². The fraction of sp³-hybridized carbons (Fsp3) is 0.200. The van der Waals surface area contributed by atoms with Gasteiger partial charge in [-0.05, 0) is 42.2 Å². The highest BCUT2D eigenvalue weighted by atomic mass is 16.5. The lowest BCUT2D eigenvalue weighted by Gasteiger charge is -2.21. The monoisotopic (exact) mass is 317 g/mol. The van der Waals surface area contributed by atoms with Crippen molar-refractivity contribution in [3.05, 3.63) is 77.7 Å². The molecule has 0 fully saturated rings. The number of ether oxygens (including phenoxy) is 1. The molecule has 4 heteroatoms. The van der Waals surface area contributed by atoms with Crippen molar-refractivity contribution in [3.8, 4) is 11.6 Å². The molecule has 0 atom stereocenters. The Labute approximate surface area is 141 Å². The van der Waals surface area contributed by atoms with Gasteiger partial charge in [-0.2, -0.15) is 0 Å². The molecule has 0 amide bonds. The van der Waals surface area contributed by atoms with Crippen molar-refractivity contribution >= 4 is 5.69 Å². The first kappa shape index (κ1) is 14.7. The molecule has 2 aromatic carbocycles. The van der Waals surface area contributed by atoms with Gasteiger partial charge in [0.1, 0.15) is 5.75 Å². The fourth-order valence-electron chi connectivity index (χ4n) is 3.24. The van der Waals surface area contributed by atoms with Gasteiger partial charge in [0.15, 0.2) is 0 Å². The van der Waals surface area contributed by atoms with Gasteiger partial charge in [-0.3, -0.25) is 4.98 Å². The van der Waals surface area contributed by atoms with Crippen molar-refractivity contribution in [1.29, 1.82) is 0 Å². The molecule has 0 saturated carbocycles. The number of rotatable bonds is 4. The van der Waals surface area contributed by atoms with Crippen molar-refractivity contribution in [1.82, 2.24) is 9.97 Å². The molecule has 1 aromatic heterocycles. The molecule has 0 radical (unpaired) electrons. The maximum Gasteiger partial charge on any atom is 0.237 e. The summed E-state index contributed by atoms with van der Waals surface area (Å²) in [6.07, 6.45) is 5.99. The average Bonchev–Trinajstić information content (AvgIpc) is 3.02. The van der Waals surface area contributed by atoms with Crippen molar-refractivity contribution in [2.75, 3.05) is 11.4 Å². The Morgan fingerprint density at radius 1 is 1.08 bits per heavy atom. The zero-order valence-corrected chi connectivity index (χ0v) is 13.6. The number of hydrogen-bond donors (Lipinski definition) is 0. The molecule has 0 spiro atoms. The van der Waals surface area contributed by atoms with Crippen LogP contribution in [0.1, 0.15) is 16.7 Å². The van der Waals surface area contributed by atoms with Crippen LogP contribution in [0.25, 0.3) is 0 Å². The Kier molecular flexibility index (Phi) is 3.87. The van der Waals surface area contributed by atoms with Crippen molar-refractivity contribution in [3.63, 3.8) is 0 Å². The number of anilines is 1. The molecule has 120 valence electrons. The highest BCUT2D eigenvalue weighted by Gasteiger charge is 2.20. The molecule has 0 saturated heterocycles. The van der Waals surface area contributed by atoms with Gasteiger partial charge in [0.2, 0.25) is 5.88 Å². The smallest absolute Gasteiger partial charge is 0.237 e. The molecule has 4 nitrogen and oxygen atoms in total. The summed E-state index contributed by atoms with van der Waals surface area (Å²) in [6.45, 7) is 4.19. The number of fused-ring (bicyclic) bond motifs is 1. The molecule has 1 aliphatic rings. The standard InChI is InChI=1S/C20H19N3O/c1-15-3-2-4-17-9-12-23(20(15)17)14-16-5-7-18(8-6-16)24-19-13-21-10-11-22-19/h2-8,10-11,13H,9,12,14H2,1H3. The number of benzene rings is 2. The van der Waals surface area contributed by atoms with E-state index in [4.69, 9.17) is 4.74 Å². The van der Waals surface area contributed by atoms with Gasteiger partial charge in [-0.1, -0.05) is 30.3 Å². The van der Waals surface area contributed by atoms with E-state index in [1.165, 1.54) is 22.4 Å². The topological polar surface area (TPSA) is 38.2 Å². The van der Waals surface area contributed by atoms with Crippen LogP contribution < -0.4 is 9.64 Å². The quantitative estimate of drug-likeness (QED) is 0.725. The van der Waals surface area contributed by atoms with E-state index in [1.807, 2.05) is 12.1 Å². The number of hydrogen-bond acceptors (Lipinski definition) is 4. The molecule has 0 bridgehead atoms. The summed E-state index contributed by atoms with van der Waals surface area (Å²) in [6, 6.07) is 14.8. The van der Waals surface area contributed by atoms with Crippen LogP contribution in [0.5, 0.6) is 11.6 Å². The second kappa shape index (κ2) is 6.32. The third-order valence-electron chi connectivity index (χ3n) is 4.35. The number of para-hydroxylation sites is 1. The molecular weight excluding hydrogens is 298 g/mol. The Bertz CT molecular complexity index is 831. The van der Waals surface area contributed by atoms with Gasteiger partial charge in [0.05, 0.1) is 6.20 Å². The van der Waals surface area contributed by atoms with Crippen LogP contribution in [-0.4, -0.2) is 16.5 Å². The summed E-state index contributed by atoms with van der Waals surface area (Å²) in [5.41, 5.74) is 5.49. The van der Waals surface area contributed by atoms with Gasteiger partial charge in [0, 0.05) is 31.2 Å². The van der Waals surface area contributed by atoms with Crippen LogP contribution in [-0.2, 0) is 13.0 Å². The molecule has 3 aromatic rings. The van der Waals surface area contributed by atoms with Crippen LogP contribution in [0, 0.1) is 6.92 Å². The summed E-state index contributed by atoms with van der Waals surface area (Å²) in [7, 11) is 0. The SMILES string of the molecule is Cc1cccc2c1N(Cc1ccc(Oc3cnccn3)cc1)CC2. The summed E-state index contributed by atoms with van der Waals surface area (Å²) in [5.74, 6) is 1.28. The molecule has 1 aliphatic heterocycles. The van der Waals surface area contributed by atoms with E-state index in [0.29, 0.717) is 5.88 Å². The molecule has 0 N–H and O–H groups in total. The van der Waals surface area contributed by atoms with Gasteiger partial charge in [0.25, 0.3) is 0 Å². The Hall–Kier alpha value is -2.88. The maximum absolute atomic E-state index is 5.69. The highest BCUT2D eigenvalue weighted by Crippen LogP contribution is 2.32. The largest absolute Gasteiger partial charge is 0.438 e. The number of aromatic nitrogens is 2. The molecule has 24 heavy (non-hydrogen) atoms. The second-order valence-corrected chi connectivity index (χ2v) is 6.04. The number of aryl methyl sites for hydroxylation is 1. The minimum atomic E-state index is 0.509. The van der Waals surface area contributed by atoms with Crippen LogP contribution in [0.4, 0.5) is 5.69 Å². The van der Waals surface area contributed by atoms with Gasteiger partial charge < -0.3 is 9.64 Å². The molecule has 2 heterocycles. The van der Waals surface area contributed by atoms with Crippen LogP contribution in [0.2, 0.25) is 0 Å². The third-order valence-corrected chi connectivity index (χ3v) is 4.35. The van der Waals surface area contributed by atoms with E-state index >= 15 is 0 Å². The normalized spacial score (nSPS) is 13.0. The zero-order chi connectivity index (χ0) is 16.4. The first-order chi connectivity index (χ1) is 11.8. The summed E-state index contributed by atoms with van der Waals surface area (Å²) >= 11 is 0. The lowest BCUT2D eigenvalue weighted by atomic mass is 10.1. The van der Waals surface area contributed by atoms with Crippen molar-refractivity contribution < 1.29 is 4.74 Å². The van der Waals surface area contributed by atoms with Crippen molar-refractivity contribution in [2.24, 2.45) is 0 Å². The van der Waals surface area contributed by atoms with Crippen molar-refractivity contribution in [2.45, 2.75) is 19.9 Å². The van der Waals surface area contributed by atoms with Gasteiger partial charge in [-0.25, -0.2) is 4.98 Å². The van der Waals surface area contributed by atoms with Gasteiger partial charge in [-0.15, -0.1) is 0 Å². The lowest BCUT2D eigenvalue weighted by molar-refractivity contribution is 0.460. The van der Waals surface area contributed by atoms with E-state index < -0.39 is 0 Å². The van der Waals surface area contributed by atoms with E-state index in [9.17, 15) is 0 Å². The Morgan fingerprint density at radius 2 is 1.96 bits per heavy atom. The first-order valence-corrected chi connectivity index (χ1v) is 8.16. The highest BCUT2D eigenvalue weighted by molar-refractivity contribution is 5.63. The molecular formula is C20H19N3O. The summed E-state index contributed by atoms with van der Waals surface area (Å²) in [5, 5.41) is 0. The zero-order valence-electron chi connectivity index (χ0n) is 13.6. The number of nitrogens with zero attached hydrogens (tertiary/aromatic N) is 3. The maximum atomic E-state index is 5.69. The van der Waals surface area contributed by atoms with Crippen LogP contribution >= 0.6 is 0 Å². The second-order valence-electron chi connectivity index (χ2n) is 6.04. The fourth-order valence-corrected chi connectivity index (χ4v) is 3.24. The minimum absolute atomic E-state index is 0.509. The van der Waals surface area contributed by atoms with E-state index in [2.05, 4.69) is 52.1 Å². The molecule has 0 aliphatic carbocycles. The minimum Gasteiger partial charge on any atom is -0.438 e. The first-order valence-electron chi connectivity index (χ1n) is 8.16. The van der Waals surface area contributed by atoms with E-state index in [0.717, 1.165) is 25.3 Å². The predicted octanol–water partition coefficient (Wildman–Crippen LogP) is 4.14. The summed E-state index contributed by atoms with van der Waals surface area (Å²) in [4.78, 5) is 10.6. The molecule has 4 rings (SSSR count). The van der Waals surface area contributed by atoms with Crippen LogP contribution in [0.3, 0.4) is 0 Å². The lowest BCUT2D eigenvalue weighted by Crippen LogP contribution is -2.20. The summed E-state index contributed by atoms with van der Waals surface area (Å²) < 4.78 is 5.69. The van der Waals surface area contributed by atoms with E-state index in [-0.39, 0.29) is 0 Å². The third kappa shape index (κ3) is 2.95. The van der Waals surface area contributed by atoms with Crippen LogP contribution in [0.15, 0.2) is 61.1 Å².